The monoisotopic (exact) mass is 1060 g/mol. The fraction of sp³-hybridized carbons (Fsp3) is 0.957. The number of aliphatic hydroxyl groups is 3. The Morgan fingerprint density at radius 3 is 0.773 bits per heavy atom. The summed E-state index contributed by atoms with van der Waals surface area (Å²) in [5.74, 6) is -0.135. The second-order valence-corrected chi connectivity index (χ2v) is 24.4. The zero-order chi connectivity index (χ0) is 54.3. The van der Waals surface area contributed by atoms with Gasteiger partial charge in [0.25, 0.3) is 0 Å². The van der Waals surface area contributed by atoms with Crippen molar-refractivity contribution in [3.8, 4) is 0 Å². The van der Waals surface area contributed by atoms with Gasteiger partial charge in [-0.25, -0.2) is 0 Å². The number of nitrogens with one attached hydrogen (secondary N) is 1. The molecule has 0 aromatic heterocycles. The van der Waals surface area contributed by atoms with E-state index in [0.29, 0.717) is 12.8 Å². The molecule has 3 unspecified atom stereocenters. The summed E-state index contributed by atoms with van der Waals surface area (Å²) < 4.78 is 0. The lowest BCUT2D eigenvalue weighted by Crippen LogP contribution is -2.50. The Bertz CT molecular complexity index is 1080. The van der Waals surface area contributed by atoms with Gasteiger partial charge in [0.15, 0.2) is 0 Å². The van der Waals surface area contributed by atoms with E-state index >= 15 is 0 Å². The lowest BCUT2D eigenvalue weighted by Gasteiger charge is -2.26. The Labute approximate surface area is 471 Å². The minimum Gasteiger partial charge on any atom is -0.394 e. The van der Waals surface area contributed by atoms with Crippen LogP contribution in [0.3, 0.4) is 0 Å². The third kappa shape index (κ3) is 60.6. The number of rotatable bonds is 66. The quantitative estimate of drug-likeness (QED) is 0.0361. The number of carbonyl (C=O) groups excluding carboxylic acids is 1. The van der Waals surface area contributed by atoms with Crippen LogP contribution in [0.25, 0.3) is 0 Å². The van der Waals surface area contributed by atoms with E-state index in [1.54, 1.807) is 0 Å². The number of unbranched alkanes of at least 4 members (excludes halogenated alkanes) is 56. The molecule has 3 atom stereocenters. The molecule has 0 saturated carbocycles. The van der Waals surface area contributed by atoms with Gasteiger partial charge in [0, 0.05) is 6.42 Å². The number of carbonyl (C=O) groups is 1. The van der Waals surface area contributed by atoms with Crippen LogP contribution >= 0.6 is 0 Å². The summed E-state index contributed by atoms with van der Waals surface area (Å²) in [7, 11) is 0. The van der Waals surface area contributed by atoms with E-state index in [1.807, 2.05) is 0 Å². The van der Waals surface area contributed by atoms with Crippen molar-refractivity contribution in [2.75, 3.05) is 6.61 Å². The summed E-state index contributed by atoms with van der Waals surface area (Å²) in [4.78, 5) is 12.6. The highest BCUT2D eigenvalue weighted by Gasteiger charge is 2.26. The average Bonchev–Trinajstić information content (AvgIpc) is 3.41. The van der Waals surface area contributed by atoms with Gasteiger partial charge < -0.3 is 20.6 Å². The van der Waals surface area contributed by atoms with Crippen LogP contribution < -0.4 is 5.32 Å². The normalized spacial score (nSPS) is 13.1. The van der Waals surface area contributed by atoms with Crippen molar-refractivity contribution in [1.82, 2.24) is 5.32 Å². The molecule has 448 valence electrons. The number of hydrogen-bond acceptors (Lipinski definition) is 4. The van der Waals surface area contributed by atoms with Crippen molar-refractivity contribution in [2.24, 2.45) is 0 Å². The van der Waals surface area contributed by atoms with Gasteiger partial charge >= 0.3 is 0 Å². The van der Waals surface area contributed by atoms with E-state index < -0.39 is 18.2 Å². The van der Waals surface area contributed by atoms with E-state index in [4.69, 9.17) is 0 Å². The summed E-state index contributed by atoms with van der Waals surface area (Å²) in [5.41, 5.74) is 0. The molecule has 4 N–H and O–H groups in total. The lowest BCUT2D eigenvalue weighted by atomic mass is 9.99. The Morgan fingerprint density at radius 2 is 0.533 bits per heavy atom. The Morgan fingerprint density at radius 1 is 0.320 bits per heavy atom. The summed E-state index contributed by atoms with van der Waals surface area (Å²) >= 11 is 0. The van der Waals surface area contributed by atoms with Crippen molar-refractivity contribution in [2.45, 2.75) is 424 Å². The number of amides is 1. The molecular weight excluding hydrogens is 919 g/mol. The molecule has 0 aliphatic rings. The topological polar surface area (TPSA) is 89.8 Å². The van der Waals surface area contributed by atoms with E-state index in [-0.39, 0.29) is 12.5 Å². The second-order valence-electron chi connectivity index (χ2n) is 24.4. The summed E-state index contributed by atoms with van der Waals surface area (Å²) in [6.45, 7) is 4.24. The molecule has 5 nitrogen and oxygen atoms in total. The van der Waals surface area contributed by atoms with Crippen LogP contribution in [-0.4, -0.2) is 46.1 Å². The van der Waals surface area contributed by atoms with Crippen LogP contribution in [-0.2, 0) is 4.79 Å². The fourth-order valence-electron chi connectivity index (χ4n) is 11.5. The van der Waals surface area contributed by atoms with Gasteiger partial charge in [-0.1, -0.05) is 373 Å². The van der Waals surface area contributed by atoms with Crippen LogP contribution in [0.15, 0.2) is 12.2 Å². The van der Waals surface area contributed by atoms with Gasteiger partial charge in [0.05, 0.1) is 18.8 Å². The molecule has 0 fully saturated rings. The van der Waals surface area contributed by atoms with E-state index in [9.17, 15) is 20.1 Å². The van der Waals surface area contributed by atoms with Gasteiger partial charge in [0.1, 0.15) is 6.10 Å². The molecule has 0 saturated heterocycles. The zero-order valence-electron chi connectivity index (χ0n) is 51.5. The molecule has 0 bridgehead atoms. The molecule has 0 aromatic rings. The minimum atomic E-state index is -1.13. The van der Waals surface area contributed by atoms with Crippen LogP contribution in [0.2, 0.25) is 0 Å². The van der Waals surface area contributed by atoms with Crippen molar-refractivity contribution >= 4 is 5.91 Å². The lowest BCUT2D eigenvalue weighted by molar-refractivity contribution is -0.124. The first kappa shape index (κ1) is 74.1. The number of allylic oxidation sites excluding steroid dienone is 2. The molecule has 75 heavy (non-hydrogen) atoms. The predicted molar refractivity (Wildman–Crippen MR) is 333 cm³/mol. The van der Waals surface area contributed by atoms with Gasteiger partial charge in [-0.2, -0.15) is 0 Å². The number of aliphatic hydroxyl groups excluding tert-OH is 3. The van der Waals surface area contributed by atoms with Gasteiger partial charge in [0.2, 0.25) is 5.91 Å². The summed E-state index contributed by atoms with van der Waals surface area (Å²) in [6, 6.07) is -0.807. The standard InChI is InChI=1S/C70H139NO4/c1-3-5-7-9-11-13-15-17-19-21-23-25-27-28-29-30-31-32-33-34-35-36-37-38-39-40-41-42-43-45-47-49-51-53-55-57-59-61-63-65-69(74)71-67(66-72)70(75)68(73)64-62-60-58-56-54-52-50-48-46-44-26-24-22-20-18-16-14-12-10-8-6-4-2/h34-35,67-68,70,72-73,75H,3-33,36-66H2,1-2H3,(H,71,74)/b35-34-. The molecule has 0 spiro atoms. The molecule has 1 amide bonds. The van der Waals surface area contributed by atoms with Crippen LogP contribution in [0, 0.1) is 0 Å². The van der Waals surface area contributed by atoms with Gasteiger partial charge in [-0.15, -0.1) is 0 Å². The molecule has 0 heterocycles. The van der Waals surface area contributed by atoms with E-state index in [2.05, 4.69) is 31.3 Å². The van der Waals surface area contributed by atoms with E-state index in [1.165, 1.54) is 347 Å². The van der Waals surface area contributed by atoms with Crippen LogP contribution in [0.5, 0.6) is 0 Å². The van der Waals surface area contributed by atoms with Crippen molar-refractivity contribution in [3.05, 3.63) is 12.2 Å². The van der Waals surface area contributed by atoms with Crippen LogP contribution in [0.4, 0.5) is 0 Å². The van der Waals surface area contributed by atoms with Crippen molar-refractivity contribution < 1.29 is 20.1 Å². The maximum atomic E-state index is 12.6. The smallest absolute Gasteiger partial charge is 0.220 e. The predicted octanol–water partition coefficient (Wildman–Crippen LogP) is 22.6. The third-order valence-corrected chi connectivity index (χ3v) is 16.9. The van der Waals surface area contributed by atoms with Gasteiger partial charge in [-0.05, 0) is 38.5 Å². The second kappa shape index (κ2) is 65.6. The molecule has 5 heteroatoms. The maximum Gasteiger partial charge on any atom is 0.220 e. The van der Waals surface area contributed by atoms with Crippen molar-refractivity contribution in [1.29, 1.82) is 0 Å². The molecule has 0 rings (SSSR count). The zero-order valence-corrected chi connectivity index (χ0v) is 51.5. The Balaban J connectivity index is 3.42. The Kier molecular flexibility index (Phi) is 64.8. The first-order chi connectivity index (χ1) is 37.1. The minimum absolute atomic E-state index is 0.135. The Hall–Kier alpha value is -0.910. The van der Waals surface area contributed by atoms with E-state index in [0.717, 1.165) is 32.1 Å². The van der Waals surface area contributed by atoms with Gasteiger partial charge in [-0.3, -0.25) is 4.79 Å². The number of hydrogen-bond donors (Lipinski definition) is 4. The largest absolute Gasteiger partial charge is 0.394 e. The first-order valence-corrected chi connectivity index (χ1v) is 35.0. The molecule has 0 aromatic carbocycles. The highest BCUT2D eigenvalue weighted by Crippen LogP contribution is 2.20. The summed E-state index contributed by atoms with van der Waals surface area (Å²) in [5, 5.41) is 33.9. The molecule has 0 aliphatic heterocycles. The van der Waals surface area contributed by atoms with Crippen molar-refractivity contribution in [3.63, 3.8) is 0 Å². The van der Waals surface area contributed by atoms with Crippen LogP contribution in [0.1, 0.15) is 406 Å². The average molecular weight is 1060 g/mol. The highest BCUT2D eigenvalue weighted by atomic mass is 16.3. The molecular formula is C70H139NO4. The molecule has 0 aliphatic carbocycles. The molecule has 0 radical (unpaired) electrons. The highest BCUT2D eigenvalue weighted by molar-refractivity contribution is 5.76. The third-order valence-electron chi connectivity index (χ3n) is 16.9. The first-order valence-electron chi connectivity index (χ1n) is 35.0. The fourth-order valence-corrected chi connectivity index (χ4v) is 11.5. The summed E-state index contributed by atoms with van der Waals surface area (Å²) in [6.07, 6.45) is 84.4. The maximum absolute atomic E-state index is 12.6. The SMILES string of the molecule is CCCCCCCCCCCCCCCCCCCC/C=C\CCCCCCCCCCCCCCCCCCCC(=O)NC(CO)C(O)C(O)CCCCCCCCCCCCCCCCCCCCCCCC.